The van der Waals surface area contributed by atoms with Gasteiger partial charge in [0.05, 0.1) is 11.5 Å². The molecule has 2 heteroatoms. The summed E-state index contributed by atoms with van der Waals surface area (Å²) in [4.78, 5) is 11.8. The van der Waals surface area contributed by atoms with Gasteiger partial charge >= 0.3 is 0 Å². The fraction of sp³-hybridized carbons (Fsp3) is 0.786. The van der Waals surface area contributed by atoms with Gasteiger partial charge in [-0.2, -0.15) is 0 Å². The maximum atomic E-state index is 11.8. The molecule has 0 heterocycles. The van der Waals surface area contributed by atoms with Gasteiger partial charge in [0.15, 0.2) is 0 Å². The molecule has 5 atom stereocenters. The van der Waals surface area contributed by atoms with E-state index in [-0.39, 0.29) is 16.9 Å². The summed E-state index contributed by atoms with van der Waals surface area (Å²) in [5.74, 6) is 0.953. The first-order valence-electron chi connectivity index (χ1n) is 6.30. The summed E-state index contributed by atoms with van der Waals surface area (Å²) in [5, 5.41) is 0. The minimum atomic E-state index is -0.262. The SMILES string of the molecule is C=C1[C@H]2C[C@@H]3CCC[C@]1(C)[C@@]3(C=O)[C@@H]2OC. The van der Waals surface area contributed by atoms with E-state index in [1.54, 1.807) is 7.11 Å². The molecule has 0 radical (unpaired) electrons. The zero-order valence-electron chi connectivity index (χ0n) is 10.2. The summed E-state index contributed by atoms with van der Waals surface area (Å²) >= 11 is 0. The average Bonchev–Trinajstić information content (AvgIpc) is 2.70. The summed E-state index contributed by atoms with van der Waals surface area (Å²) in [5.41, 5.74) is 1.02. The molecule has 3 aliphatic rings. The van der Waals surface area contributed by atoms with Gasteiger partial charge in [-0.1, -0.05) is 25.5 Å². The Kier molecular flexibility index (Phi) is 1.96. The summed E-state index contributed by atoms with van der Waals surface area (Å²) in [6.45, 7) is 6.52. The molecule has 0 aromatic rings. The van der Waals surface area contributed by atoms with E-state index in [0.29, 0.717) is 11.8 Å². The third-order valence-electron chi connectivity index (χ3n) is 5.84. The van der Waals surface area contributed by atoms with Crippen LogP contribution >= 0.6 is 0 Å². The van der Waals surface area contributed by atoms with Gasteiger partial charge < -0.3 is 9.53 Å². The van der Waals surface area contributed by atoms with E-state index < -0.39 is 0 Å². The average molecular weight is 220 g/mol. The lowest BCUT2D eigenvalue weighted by Gasteiger charge is -2.51. The first-order valence-corrected chi connectivity index (χ1v) is 6.30. The van der Waals surface area contributed by atoms with Gasteiger partial charge in [-0.15, -0.1) is 0 Å². The molecule has 0 unspecified atom stereocenters. The number of ether oxygens (including phenoxy) is 1. The molecule has 2 bridgehead atoms. The molecule has 3 fully saturated rings. The lowest BCUT2D eigenvalue weighted by atomic mass is 9.52. The standard InChI is InChI=1S/C14H20O2/c1-9-11-7-10-5-4-6-13(9,2)14(10,8-15)12(11)16-3/h8,10-12H,1,4-7H2,2-3H3/t10-,11+,12+,13-,14+/m0/s1. The van der Waals surface area contributed by atoms with Crippen molar-refractivity contribution in [1.82, 2.24) is 0 Å². The molecular weight excluding hydrogens is 200 g/mol. The number of rotatable bonds is 2. The highest BCUT2D eigenvalue weighted by atomic mass is 16.5. The molecule has 88 valence electrons. The van der Waals surface area contributed by atoms with Crippen molar-refractivity contribution in [2.24, 2.45) is 22.7 Å². The van der Waals surface area contributed by atoms with Crippen molar-refractivity contribution in [1.29, 1.82) is 0 Å². The van der Waals surface area contributed by atoms with E-state index in [4.69, 9.17) is 4.74 Å². The van der Waals surface area contributed by atoms with E-state index in [1.165, 1.54) is 24.7 Å². The topological polar surface area (TPSA) is 26.3 Å². The number of hydrogen-bond donors (Lipinski definition) is 0. The van der Waals surface area contributed by atoms with Crippen molar-refractivity contribution in [2.45, 2.75) is 38.7 Å². The second-order valence-corrected chi connectivity index (χ2v) is 6.00. The van der Waals surface area contributed by atoms with Gasteiger partial charge in [0.2, 0.25) is 0 Å². The van der Waals surface area contributed by atoms with Crippen molar-refractivity contribution in [3.05, 3.63) is 12.2 Å². The van der Waals surface area contributed by atoms with Crippen LogP contribution in [0, 0.1) is 22.7 Å². The molecule has 0 aromatic carbocycles. The minimum absolute atomic E-state index is 0.00125. The van der Waals surface area contributed by atoms with Crippen molar-refractivity contribution in [3.63, 3.8) is 0 Å². The molecule has 3 aliphatic carbocycles. The Morgan fingerprint density at radius 2 is 2.31 bits per heavy atom. The second kappa shape index (κ2) is 2.98. The van der Waals surface area contributed by atoms with Crippen LogP contribution < -0.4 is 0 Å². The van der Waals surface area contributed by atoms with Crippen LogP contribution in [0.5, 0.6) is 0 Å². The monoisotopic (exact) mass is 220 g/mol. The summed E-state index contributed by atoms with van der Waals surface area (Å²) in [6.07, 6.45) is 5.95. The fourth-order valence-electron chi connectivity index (χ4n) is 5.06. The molecule has 2 nitrogen and oxygen atoms in total. The Bertz CT molecular complexity index is 362. The van der Waals surface area contributed by atoms with Crippen molar-refractivity contribution >= 4 is 6.29 Å². The quantitative estimate of drug-likeness (QED) is 0.528. The molecular formula is C14H20O2. The number of hydrogen-bond acceptors (Lipinski definition) is 2. The van der Waals surface area contributed by atoms with E-state index in [9.17, 15) is 4.79 Å². The van der Waals surface area contributed by atoms with Crippen molar-refractivity contribution in [2.75, 3.05) is 7.11 Å². The molecule has 0 spiro atoms. The third kappa shape index (κ3) is 0.806. The van der Waals surface area contributed by atoms with E-state index in [2.05, 4.69) is 13.5 Å². The van der Waals surface area contributed by atoms with E-state index in [0.717, 1.165) is 12.8 Å². The highest BCUT2D eigenvalue weighted by Gasteiger charge is 2.72. The Labute approximate surface area is 97.1 Å². The predicted octanol–water partition coefficient (Wildman–Crippen LogP) is 2.58. The first kappa shape index (κ1) is 10.5. The molecule has 0 aliphatic heterocycles. The molecule has 0 aromatic heterocycles. The minimum Gasteiger partial charge on any atom is -0.380 e. The molecule has 3 rings (SSSR count). The Balaban J connectivity index is 2.19. The molecule has 0 saturated heterocycles. The van der Waals surface area contributed by atoms with Crippen molar-refractivity contribution in [3.8, 4) is 0 Å². The number of carbonyl (C=O) groups is 1. The van der Waals surface area contributed by atoms with Gasteiger partial charge in [-0.05, 0) is 25.2 Å². The van der Waals surface area contributed by atoms with Crippen LogP contribution in [0.2, 0.25) is 0 Å². The fourth-order valence-corrected chi connectivity index (χ4v) is 5.06. The third-order valence-corrected chi connectivity index (χ3v) is 5.84. The van der Waals surface area contributed by atoms with Crippen LogP contribution in [0.4, 0.5) is 0 Å². The maximum Gasteiger partial charge on any atom is 0.129 e. The predicted molar refractivity (Wildman–Crippen MR) is 62.0 cm³/mol. The lowest BCUT2D eigenvalue weighted by Crippen LogP contribution is -2.51. The van der Waals surface area contributed by atoms with Gasteiger partial charge in [0.25, 0.3) is 0 Å². The van der Waals surface area contributed by atoms with E-state index >= 15 is 0 Å². The van der Waals surface area contributed by atoms with Gasteiger partial charge in [-0.25, -0.2) is 0 Å². The highest BCUT2D eigenvalue weighted by molar-refractivity contribution is 5.69. The summed E-state index contributed by atoms with van der Waals surface area (Å²) in [6, 6.07) is 0. The van der Waals surface area contributed by atoms with E-state index in [1.807, 2.05) is 0 Å². The van der Waals surface area contributed by atoms with Crippen LogP contribution in [0.25, 0.3) is 0 Å². The van der Waals surface area contributed by atoms with Crippen LogP contribution in [0.1, 0.15) is 32.6 Å². The van der Waals surface area contributed by atoms with Gasteiger partial charge in [0.1, 0.15) is 6.29 Å². The summed E-state index contributed by atoms with van der Waals surface area (Å²) < 4.78 is 5.67. The lowest BCUT2D eigenvalue weighted by molar-refractivity contribution is -0.138. The van der Waals surface area contributed by atoms with Crippen LogP contribution in [-0.4, -0.2) is 19.5 Å². The van der Waals surface area contributed by atoms with Gasteiger partial charge in [-0.3, -0.25) is 0 Å². The Hall–Kier alpha value is -0.630. The number of carbonyl (C=O) groups excluding carboxylic acids is 1. The Morgan fingerprint density at radius 3 is 2.94 bits per heavy atom. The smallest absolute Gasteiger partial charge is 0.129 e. The zero-order valence-corrected chi connectivity index (χ0v) is 10.2. The van der Waals surface area contributed by atoms with Crippen LogP contribution in [0.3, 0.4) is 0 Å². The largest absolute Gasteiger partial charge is 0.380 e. The number of methoxy groups -OCH3 is 1. The molecule has 0 N–H and O–H groups in total. The first-order chi connectivity index (χ1) is 7.61. The second-order valence-electron chi connectivity index (χ2n) is 6.00. The Morgan fingerprint density at radius 1 is 1.56 bits per heavy atom. The van der Waals surface area contributed by atoms with Gasteiger partial charge in [0, 0.05) is 18.4 Å². The highest BCUT2D eigenvalue weighted by Crippen LogP contribution is 2.73. The normalized spacial score (nSPS) is 54.4. The zero-order chi connectivity index (χ0) is 11.6. The molecule has 3 saturated carbocycles. The van der Waals surface area contributed by atoms with Crippen molar-refractivity contribution < 1.29 is 9.53 Å². The molecule has 16 heavy (non-hydrogen) atoms. The van der Waals surface area contributed by atoms with Crippen LogP contribution in [0.15, 0.2) is 12.2 Å². The number of aldehydes is 1. The maximum absolute atomic E-state index is 11.8. The van der Waals surface area contributed by atoms with Crippen LogP contribution in [-0.2, 0) is 9.53 Å². The molecule has 0 amide bonds. The number of fused-ring (bicyclic) bond motifs is 1. The summed E-state index contributed by atoms with van der Waals surface area (Å²) in [7, 11) is 1.75.